The van der Waals surface area contributed by atoms with Crippen molar-refractivity contribution in [3.8, 4) is 11.3 Å². The number of carbonyl (C=O) groups is 1. The number of aromatic nitrogens is 3. The van der Waals surface area contributed by atoms with Crippen LogP contribution >= 0.6 is 12.2 Å². The van der Waals surface area contributed by atoms with Gasteiger partial charge in [-0.2, -0.15) is 13.2 Å². The summed E-state index contributed by atoms with van der Waals surface area (Å²) in [6.45, 7) is 1.02. The second kappa shape index (κ2) is 8.18. The fraction of sp³-hybridized carbons (Fsp3) is 0.188. The molecule has 0 aliphatic carbocycles. The molecule has 0 atom stereocenters. The largest absolute Gasteiger partial charge is 0.490 e. The number of nitrogens with zero attached hydrogens (tertiary/aromatic N) is 1. The highest BCUT2D eigenvalue weighted by atomic mass is 32.1. The van der Waals surface area contributed by atoms with Crippen molar-refractivity contribution in [2.45, 2.75) is 12.7 Å². The van der Waals surface area contributed by atoms with E-state index in [1.807, 2.05) is 35.0 Å². The normalized spacial score (nSPS) is 11.1. The van der Waals surface area contributed by atoms with Gasteiger partial charge in [0.2, 0.25) is 0 Å². The third kappa shape index (κ3) is 4.83. The minimum absolute atomic E-state index is 0.203. The number of fused-ring (bicyclic) bond motifs is 1. The van der Waals surface area contributed by atoms with Crippen molar-refractivity contribution in [1.29, 1.82) is 0 Å². The molecular weight excluding hydrogens is 385 g/mol. The molecule has 0 unspecified atom stereocenters. The zero-order valence-corrected chi connectivity index (χ0v) is 14.5. The summed E-state index contributed by atoms with van der Waals surface area (Å²) in [5.41, 5.74) is 8.21. The molecule has 0 radical (unpaired) electrons. The van der Waals surface area contributed by atoms with Gasteiger partial charge >= 0.3 is 12.1 Å². The van der Waals surface area contributed by atoms with Crippen molar-refractivity contribution in [1.82, 2.24) is 14.5 Å². The molecule has 0 spiro atoms. The highest BCUT2D eigenvalue weighted by Gasteiger charge is 2.38. The van der Waals surface area contributed by atoms with Crippen LogP contribution in [-0.2, 0) is 11.3 Å². The molecule has 2 heterocycles. The highest BCUT2D eigenvalue weighted by Crippen LogP contribution is 2.27. The van der Waals surface area contributed by atoms with Crippen molar-refractivity contribution >= 4 is 29.1 Å². The van der Waals surface area contributed by atoms with Crippen molar-refractivity contribution in [2.24, 2.45) is 5.73 Å². The summed E-state index contributed by atoms with van der Waals surface area (Å²) < 4.78 is 34.0. The van der Waals surface area contributed by atoms with Gasteiger partial charge in [-0.3, -0.25) is 9.78 Å². The zero-order valence-electron chi connectivity index (χ0n) is 13.7. The molecule has 0 saturated heterocycles. The van der Waals surface area contributed by atoms with Gasteiger partial charge in [0, 0.05) is 41.8 Å². The molecule has 0 aliphatic heterocycles. The van der Waals surface area contributed by atoms with Crippen molar-refractivity contribution in [2.75, 3.05) is 6.54 Å². The number of H-pyrrole nitrogens is 2. The van der Waals surface area contributed by atoms with Crippen LogP contribution in [0.4, 0.5) is 13.2 Å². The number of alkyl halides is 3. The van der Waals surface area contributed by atoms with Crippen LogP contribution in [0, 0.1) is 4.77 Å². The molecule has 3 aromatic rings. The minimum Gasteiger partial charge on any atom is -0.475 e. The van der Waals surface area contributed by atoms with Crippen molar-refractivity contribution in [3.63, 3.8) is 0 Å². The Bertz CT molecular complexity index is 1070. The lowest BCUT2D eigenvalue weighted by molar-refractivity contribution is -0.192. The molecule has 11 heteroatoms. The van der Waals surface area contributed by atoms with Crippen LogP contribution in [0.5, 0.6) is 0 Å². The first-order chi connectivity index (χ1) is 12.6. The molecule has 0 fully saturated rings. The maximum absolute atomic E-state index is 11.7. The van der Waals surface area contributed by atoms with Gasteiger partial charge in [0.1, 0.15) is 0 Å². The number of halogens is 3. The van der Waals surface area contributed by atoms with E-state index in [0.29, 0.717) is 17.9 Å². The first-order valence-corrected chi connectivity index (χ1v) is 7.96. The van der Waals surface area contributed by atoms with Gasteiger partial charge in [-0.1, -0.05) is 12.1 Å². The fourth-order valence-corrected chi connectivity index (χ4v) is 2.69. The van der Waals surface area contributed by atoms with E-state index in [2.05, 4.69) is 9.97 Å². The van der Waals surface area contributed by atoms with E-state index in [9.17, 15) is 18.0 Å². The summed E-state index contributed by atoms with van der Waals surface area (Å²) in [7, 11) is 0. The first kappa shape index (κ1) is 20.4. The lowest BCUT2D eigenvalue weighted by Gasteiger charge is -2.13. The van der Waals surface area contributed by atoms with E-state index in [1.54, 1.807) is 6.07 Å². The summed E-state index contributed by atoms with van der Waals surface area (Å²) in [5.74, 6) is -2.76. The molecule has 0 saturated carbocycles. The van der Waals surface area contributed by atoms with Gasteiger partial charge in [0.05, 0.1) is 5.69 Å². The van der Waals surface area contributed by atoms with Gasteiger partial charge in [-0.05, 0) is 24.4 Å². The number of aromatic amines is 2. The molecule has 144 valence electrons. The van der Waals surface area contributed by atoms with Gasteiger partial charge in [-0.25, -0.2) is 4.79 Å². The molecule has 0 aliphatic rings. The van der Waals surface area contributed by atoms with Crippen LogP contribution in [0.2, 0.25) is 0 Å². The molecule has 0 amide bonds. The van der Waals surface area contributed by atoms with Crippen LogP contribution in [-0.4, -0.2) is 38.3 Å². The highest BCUT2D eigenvalue weighted by molar-refractivity contribution is 7.71. The van der Waals surface area contributed by atoms with Crippen LogP contribution in [0.25, 0.3) is 22.2 Å². The van der Waals surface area contributed by atoms with Gasteiger partial charge in [0.25, 0.3) is 5.56 Å². The molecule has 5 N–H and O–H groups in total. The van der Waals surface area contributed by atoms with Gasteiger partial charge in [0.15, 0.2) is 4.77 Å². The Kier molecular flexibility index (Phi) is 6.18. The second-order valence-corrected chi connectivity index (χ2v) is 5.70. The molecule has 3 rings (SSSR count). The lowest BCUT2D eigenvalue weighted by Crippen LogP contribution is -2.21. The molecule has 1 aromatic carbocycles. The van der Waals surface area contributed by atoms with Crippen LogP contribution in [0.3, 0.4) is 0 Å². The number of aliphatic carboxylic acids is 1. The third-order valence-corrected chi connectivity index (χ3v) is 3.82. The Morgan fingerprint density at radius 2 is 1.96 bits per heavy atom. The summed E-state index contributed by atoms with van der Waals surface area (Å²) in [6, 6.07) is 9.47. The Balaban J connectivity index is 0.000000321. The zero-order chi connectivity index (χ0) is 20.2. The average molecular weight is 400 g/mol. The summed E-state index contributed by atoms with van der Waals surface area (Å²) in [4.78, 5) is 26.4. The van der Waals surface area contributed by atoms with E-state index < -0.39 is 12.1 Å². The predicted molar refractivity (Wildman–Crippen MR) is 95.9 cm³/mol. The summed E-state index contributed by atoms with van der Waals surface area (Å²) >= 11 is 5.24. The van der Waals surface area contributed by atoms with Crippen LogP contribution in [0.15, 0.2) is 41.3 Å². The molecular formula is C16H15F3N4O3S. The number of hydrogen-bond acceptors (Lipinski definition) is 4. The van der Waals surface area contributed by atoms with E-state index in [-0.39, 0.29) is 5.56 Å². The average Bonchev–Trinajstić information content (AvgIpc) is 3.05. The van der Waals surface area contributed by atoms with E-state index in [4.69, 9.17) is 27.9 Å². The smallest absolute Gasteiger partial charge is 0.475 e. The Morgan fingerprint density at radius 1 is 1.30 bits per heavy atom. The Hall–Kier alpha value is -2.92. The van der Waals surface area contributed by atoms with Crippen LogP contribution < -0.4 is 11.3 Å². The standard InChI is InChI=1S/C14H14N4OS.C2HF3O2/c15-5-7-18-12(8-13(19)17-14(18)20)10-2-1-3-11-9(10)4-6-16-11;3-2(4,5)1(6)7/h1-4,6,8,16H,5,7,15H2,(H,17,19,20);(H,6,7). The van der Waals surface area contributed by atoms with E-state index >= 15 is 0 Å². The van der Waals surface area contributed by atoms with Crippen molar-refractivity contribution < 1.29 is 23.1 Å². The topological polar surface area (TPSA) is 117 Å². The maximum atomic E-state index is 11.7. The number of hydrogen-bond donors (Lipinski definition) is 4. The Morgan fingerprint density at radius 3 is 2.56 bits per heavy atom. The van der Waals surface area contributed by atoms with Crippen molar-refractivity contribution in [3.05, 3.63) is 51.7 Å². The number of carboxylic acids is 1. The fourth-order valence-electron chi connectivity index (χ4n) is 2.40. The Labute approximate surface area is 155 Å². The van der Waals surface area contributed by atoms with E-state index in [1.165, 1.54) is 0 Å². The SMILES string of the molecule is NCCn1c(-c2cccc3[nH]ccc23)cc(=O)[nH]c1=S.O=C(O)C(F)(F)F. The minimum atomic E-state index is -5.08. The molecule has 2 aromatic heterocycles. The lowest BCUT2D eigenvalue weighted by atomic mass is 10.1. The number of nitrogens with one attached hydrogen (secondary N) is 2. The predicted octanol–water partition coefficient (Wildman–Crippen LogP) is 2.65. The second-order valence-electron chi connectivity index (χ2n) is 5.31. The summed E-state index contributed by atoms with van der Waals surface area (Å²) in [6.07, 6.45) is -3.21. The van der Waals surface area contributed by atoms with Gasteiger partial charge in [-0.15, -0.1) is 0 Å². The van der Waals surface area contributed by atoms with Crippen LogP contribution in [0.1, 0.15) is 0 Å². The third-order valence-electron chi connectivity index (χ3n) is 3.50. The monoisotopic (exact) mass is 400 g/mol. The number of benzene rings is 1. The molecule has 27 heavy (non-hydrogen) atoms. The maximum Gasteiger partial charge on any atom is 0.490 e. The molecule has 7 nitrogen and oxygen atoms in total. The van der Waals surface area contributed by atoms with Gasteiger partial charge < -0.3 is 20.4 Å². The van der Waals surface area contributed by atoms with E-state index in [0.717, 1.165) is 22.2 Å². The summed E-state index contributed by atoms with van der Waals surface area (Å²) in [5, 5.41) is 8.18. The number of carboxylic acid groups (broad SMARTS) is 1. The molecule has 0 bridgehead atoms. The number of nitrogens with two attached hydrogens (primary N) is 1. The number of rotatable bonds is 3. The quantitative estimate of drug-likeness (QED) is 0.505. The first-order valence-electron chi connectivity index (χ1n) is 7.56.